The summed E-state index contributed by atoms with van der Waals surface area (Å²) < 4.78 is 5.59. The highest BCUT2D eigenvalue weighted by Crippen LogP contribution is 2.18. The van der Waals surface area contributed by atoms with Crippen molar-refractivity contribution < 1.29 is 4.74 Å². The minimum Gasteiger partial charge on any atom is -0.485 e. The SMILES string of the molecule is Cc1cccc(COc2cccnc2N)c1. The van der Waals surface area contributed by atoms with E-state index in [4.69, 9.17) is 10.5 Å². The van der Waals surface area contributed by atoms with Crippen molar-refractivity contribution in [1.29, 1.82) is 0 Å². The summed E-state index contributed by atoms with van der Waals surface area (Å²) in [4.78, 5) is 3.96. The third-order valence-electron chi connectivity index (χ3n) is 2.28. The van der Waals surface area contributed by atoms with Crippen molar-refractivity contribution in [2.75, 3.05) is 5.73 Å². The first-order chi connectivity index (χ1) is 7.75. The maximum atomic E-state index is 5.68. The first-order valence-electron chi connectivity index (χ1n) is 5.14. The number of rotatable bonds is 3. The van der Waals surface area contributed by atoms with Crippen molar-refractivity contribution in [3.8, 4) is 5.75 Å². The molecule has 0 saturated carbocycles. The fraction of sp³-hybridized carbons (Fsp3) is 0.154. The summed E-state index contributed by atoms with van der Waals surface area (Å²) in [6, 6.07) is 11.8. The zero-order chi connectivity index (χ0) is 11.4. The van der Waals surface area contributed by atoms with Gasteiger partial charge in [0.2, 0.25) is 0 Å². The summed E-state index contributed by atoms with van der Waals surface area (Å²) in [6.45, 7) is 2.57. The molecule has 16 heavy (non-hydrogen) atoms. The Labute approximate surface area is 94.9 Å². The van der Waals surface area contributed by atoms with Crippen LogP contribution in [0.3, 0.4) is 0 Å². The lowest BCUT2D eigenvalue weighted by atomic mass is 10.1. The lowest BCUT2D eigenvalue weighted by Gasteiger charge is -2.08. The van der Waals surface area contributed by atoms with Gasteiger partial charge < -0.3 is 10.5 Å². The number of aryl methyl sites for hydroxylation is 1. The molecule has 0 aliphatic rings. The average Bonchev–Trinajstić information content (AvgIpc) is 2.28. The molecular weight excluding hydrogens is 200 g/mol. The number of benzene rings is 1. The highest BCUT2D eigenvalue weighted by atomic mass is 16.5. The predicted octanol–water partition coefficient (Wildman–Crippen LogP) is 2.55. The summed E-state index contributed by atoms with van der Waals surface area (Å²) in [7, 11) is 0. The first-order valence-corrected chi connectivity index (χ1v) is 5.14. The number of hydrogen-bond donors (Lipinski definition) is 1. The number of aromatic nitrogens is 1. The summed E-state index contributed by atoms with van der Waals surface area (Å²) in [5.41, 5.74) is 8.03. The summed E-state index contributed by atoms with van der Waals surface area (Å²) in [5, 5.41) is 0. The van der Waals surface area contributed by atoms with Gasteiger partial charge in [-0.25, -0.2) is 4.98 Å². The van der Waals surface area contributed by atoms with Crippen molar-refractivity contribution in [1.82, 2.24) is 4.98 Å². The maximum Gasteiger partial charge on any atom is 0.166 e. The number of hydrogen-bond acceptors (Lipinski definition) is 3. The fourth-order valence-corrected chi connectivity index (χ4v) is 1.49. The Morgan fingerprint density at radius 3 is 2.88 bits per heavy atom. The van der Waals surface area contributed by atoms with E-state index >= 15 is 0 Å². The van der Waals surface area contributed by atoms with Gasteiger partial charge in [-0.1, -0.05) is 29.8 Å². The van der Waals surface area contributed by atoms with Gasteiger partial charge in [0.05, 0.1) is 0 Å². The van der Waals surface area contributed by atoms with E-state index < -0.39 is 0 Å². The molecule has 0 unspecified atom stereocenters. The number of anilines is 1. The molecule has 0 radical (unpaired) electrons. The van der Waals surface area contributed by atoms with Crippen LogP contribution in [0.2, 0.25) is 0 Å². The molecule has 0 aliphatic heterocycles. The molecule has 1 aromatic carbocycles. The molecule has 82 valence electrons. The van der Waals surface area contributed by atoms with Gasteiger partial charge in [0, 0.05) is 6.20 Å². The van der Waals surface area contributed by atoms with Crippen LogP contribution in [0, 0.1) is 6.92 Å². The molecule has 0 bridgehead atoms. The van der Waals surface area contributed by atoms with Crippen LogP contribution in [0.4, 0.5) is 5.82 Å². The van der Waals surface area contributed by atoms with E-state index in [0.29, 0.717) is 18.2 Å². The van der Waals surface area contributed by atoms with Crippen LogP contribution < -0.4 is 10.5 Å². The molecular formula is C13H14N2O. The van der Waals surface area contributed by atoms with Gasteiger partial charge in [0.1, 0.15) is 6.61 Å². The Morgan fingerprint density at radius 2 is 2.12 bits per heavy atom. The molecule has 0 amide bonds. The zero-order valence-corrected chi connectivity index (χ0v) is 9.18. The van der Waals surface area contributed by atoms with E-state index in [1.54, 1.807) is 6.20 Å². The van der Waals surface area contributed by atoms with E-state index in [2.05, 4.69) is 24.0 Å². The topological polar surface area (TPSA) is 48.1 Å². The van der Waals surface area contributed by atoms with Gasteiger partial charge in [0.25, 0.3) is 0 Å². The molecule has 1 heterocycles. The van der Waals surface area contributed by atoms with Crippen molar-refractivity contribution in [3.05, 3.63) is 53.7 Å². The van der Waals surface area contributed by atoms with E-state index in [9.17, 15) is 0 Å². The number of nitrogen functional groups attached to an aromatic ring is 1. The van der Waals surface area contributed by atoms with E-state index in [1.807, 2.05) is 24.3 Å². The van der Waals surface area contributed by atoms with Crippen LogP contribution in [0.1, 0.15) is 11.1 Å². The zero-order valence-electron chi connectivity index (χ0n) is 9.18. The molecule has 0 atom stereocenters. The highest BCUT2D eigenvalue weighted by molar-refractivity contribution is 5.44. The van der Waals surface area contributed by atoms with Crippen LogP contribution in [0.15, 0.2) is 42.6 Å². The second-order valence-corrected chi connectivity index (χ2v) is 3.66. The molecule has 0 fully saturated rings. The fourth-order valence-electron chi connectivity index (χ4n) is 1.49. The maximum absolute atomic E-state index is 5.68. The first kappa shape index (κ1) is 10.5. The summed E-state index contributed by atoms with van der Waals surface area (Å²) >= 11 is 0. The van der Waals surface area contributed by atoms with Gasteiger partial charge in [0.15, 0.2) is 11.6 Å². The predicted molar refractivity (Wildman–Crippen MR) is 64.2 cm³/mol. The van der Waals surface area contributed by atoms with Crippen LogP contribution in [-0.4, -0.2) is 4.98 Å². The number of pyridine rings is 1. The van der Waals surface area contributed by atoms with Crippen LogP contribution in [0.25, 0.3) is 0 Å². The third kappa shape index (κ3) is 2.51. The number of nitrogens with two attached hydrogens (primary N) is 1. The molecule has 0 aliphatic carbocycles. The normalized spacial score (nSPS) is 10.1. The van der Waals surface area contributed by atoms with Gasteiger partial charge in [-0.15, -0.1) is 0 Å². The van der Waals surface area contributed by atoms with Crippen LogP contribution in [0.5, 0.6) is 5.75 Å². The van der Waals surface area contributed by atoms with Gasteiger partial charge in [-0.3, -0.25) is 0 Å². The summed E-state index contributed by atoms with van der Waals surface area (Å²) in [6.07, 6.45) is 1.65. The van der Waals surface area contributed by atoms with Crippen molar-refractivity contribution in [2.45, 2.75) is 13.5 Å². The smallest absolute Gasteiger partial charge is 0.166 e. The quantitative estimate of drug-likeness (QED) is 0.854. The number of ether oxygens (including phenoxy) is 1. The van der Waals surface area contributed by atoms with E-state index in [-0.39, 0.29) is 0 Å². The van der Waals surface area contributed by atoms with Crippen molar-refractivity contribution in [2.24, 2.45) is 0 Å². The van der Waals surface area contributed by atoms with Crippen molar-refractivity contribution >= 4 is 5.82 Å². The standard InChI is InChI=1S/C13H14N2O/c1-10-4-2-5-11(8-10)9-16-12-6-3-7-15-13(12)14/h2-8H,9H2,1H3,(H2,14,15). The minimum atomic E-state index is 0.426. The molecule has 1 aromatic heterocycles. The van der Waals surface area contributed by atoms with Gasteiger partial charge in [-0.05, 0) is 24.6 Å². The van der Waals surface area contributed by atoms with Gasteiger partial charge in [-0.2, -0.15) is 0 Å². The molecule has 0 spiro atoms. The van der Waals surface area contributed by atoms with Crippen LogP contribution >= 0.6 is 0 Å². The minimum absolute atomic E-state index is 0.426. The van der Waals surface area contributed by atoms with Crippen molar-refractivity contribution in [3.63, 3.8) is 0 Å². The van der Waals surface area contributed by atoms with E-state index in [1.165, 1.54) is 5.56 Å². The largest absolute Gasteiger partial charge is 0.485 e. The third-order valence-corrected chi connectivity index (χ3v) is 2.28. The Kier molecular flexibility index (Phi) is 3.05. The monoisotopic (exact) mass is 214 g/mol. The molecule has 2 N–H and O–H groups in total. The lowest BCUT2D eigenvalue weighted by molar-refractivity contribution is 0.307. The summed E-state index contributed by atoms with van der Waals surface area (Å²) in [5.74, 6) is 1.05. The second kappa shape index (κ2) is 4.66. The molecule has 0 saturated heterocycles. The molecule has 3 heteroatoms. The Hall–Kier alpha value is -2.03. The average molecular weight is 214 g/mol. The Bertz CT molecular complexity index is 483. The van der Waals surface area contributed by atoms with E-state index in [0.717, 1.165) is 5.56 Å². The number of nitrogens with zero attached hydrogens (tertiary/aromatic N) is 1. The van der Waals surface area contributed by atoms with Gasteiger partial charge >= 0.3 is 0 Å². The van der Waals surface area contributed by atoms with Crippen LogP contribution in [-0.2, 0) is 6.61 Å². The highest BCUT2D eigenvalue weighted by Gasteiger charge is 2.00. The second-order valence-electron chi connectivity index (χ2n) is 3.66. The lowest BCUT2D eigenvalue weighted by Crippen LogP contribution is -2.00. The Balaban J connectivity index is 2.05. The molecule has 2 aromatic rings. The molecule has 3 nitrogen and oxygen atoms in total. The Morgan fingerprint density at radius 1 is 1.25 bits per heavy atom. The molecule has 2 rings (SSSR count).